The van der Waals surface area contributed by atoms with Crippen LogP contribution in [0.2, 0.25) is 0 Å². The zero-order valence-corrected chi connectivity index (χ0v) is 22.6. The summed E-state index contributed by atoms with van der Waals surface area (Å²) in [5.41, 5.74) is 9.55. The number of esters is 1. The maximum absolute atomic E-state index is 13.2. The van der Waals surface area contributed by atoms with Crippen LogP contribution in [0.3, 0.4) is 0 Å². The van der Waals surface area contributed by atoms with Gasteiger partial charge in [0.2, 0.25) is 5.91 Å². The average molecular weight is 549 g/mol. The third-order valence-electron chi connectivity index (χ3n) is 6.55. The van der Waals surface area contributed by atoms with Gasteiger partial charge in [-0.15, -0.1) is 0 Å². The Balaban J connectivity index is 1.47. The molecule has 10 heteroatoms. The van der Waals surface area contributed by atoms with Crippen LogP contribution in [0, 0.1) is 5.41 Å². The number of benzene rings is 3. The van der Waals surface area contributed by atoms with E-state index in [0.29, 0.717) is 36.2 Å². The minimum Gasteiger partial charge on any atom is -0.466 e. The van der Waals surface area contributed by atoms with E-state index in [1.54, 1.807) is 60.4 Å². The van der Waals surface area contributed by atoms with Crippen molar-refractivity contribution in [3.63, 3.8) is 0 Å². The highest BCUT2D eigenvalue weighted by Crippen LogP contribution is 2.31. The number of anilines is 2. The van der Waals surface area contributed by atoms with Crippen molar-refractivity contribution in [3.8, 4) is 0 Å². The molecule has 0 aromatic heterocycles. The number of carbonyl (C=O) groups is 2. The number of rotatable bonds is 10. The molecule has 4 rings (SSSR count). The fraction of sp³-hybridized carbons (Fsp3) is 0.276. The molecule has 3 aromatic carbocycles. The number of ether oxygens (including phenoxy) is 1. The maximum atomic E-state index is 13.2. The van der Waals surface area contributed by atoms with Gasteiger partial charge in [0.1, 0.15) is 5.84 Å². The van der Waals surface area contributed by atoms with Crippen LogP contribution in [0.25, 0.3) is 0 Å². The van der Waals surface area contributed by atoms with Crippen LogP contribution in [0.5, 0.6) is 0 Å². The number of amidine groups is 1. The number of nitrogens with zero attached hydrogens (tertiary/aromatic N) is 1. The molecular formula is C29H32N4O5S. The lowest BCUT2D eigenvalue weighted by Crippen LogP contribution is -2.35. The number of nitrogens with two attached hydrogens (primary N) is 1. The van der Waals surface area contributed by atoms with Crippen molar-refractivity contribution in [2.24, 2.45) is 5.73 Å². The molecule has 0 bridgehead atoms. The van der Waals surface area contributed by atoms with Crippen molar-refractivity contribution < 1.29 is 22.7 Å². The molecule has 9 nitrogen and oxygen atoms in total. The second kappa shape index (κ2) is 12.1. The highest BCUT2D eigenvalue weighted by Gasteiger charge is 2.24. The molecule has 0 atom stereocenters. The monoisotopic (exact) mass is 548 g/mol. The molecule has 0 radical (unpaired) electrons. The van der Waals surface area contributed by atoms with Crippen molar-refractivity contribution >= 4 is 39.1 Å². The molecule has 1 heterocycles. The van der Waals surface area contributed by atoms with Gasteiger partial charge >= 0.3 is 5.97 Å². The third kappa shape index (κ3) is 6.83. The highest BCUT2D eigenvalue weighted by atomic mass is 32.2. The van der Waals surface area contributed by atoms with E-state index in [-0.39, 0.29) is 29.7 Å². The van der Waals surface area contributed by atoms with Crippen molar-refractivity contribution in [2.75, 3.05) is 22.8 Å². The van der Waals surface area contributed by atoms with E-state index >= 15 is 0 Å². The van der Waals surface area contributed by atoms with Crippen molar-refractivity contribution in [3.05, 3.63) is 89.0 Å². The van der Waals surface area contributed by atoms with Gasteiger partial charge in [0, 0.05) is 29.9 Å². The first-order valence-electron chi connectivity index (χ1n) is 12.8. The molecule has 1 aliphatic rings. The summed E-state index contributed by atoms with van der Waals surface area (Å²) in [5, 5.41) is 7.50. The standard InChI is InChI=1S/C29H32N4O5S/c1-2-38-28(35)19-23-6-3-4-8-26(23)39(36,37)32-24-14-15-25-22(18-24)7-5-17-33(25)27(34)16-11-20-9-12-21(13-10-20)29(30)31/h3-4,6,8-10,12-15,18,32H,2,5,7,11,16-17,19H2,1H3,(H3,30,31). The first-order valence-corrected chi connectivity index (χ1v) is 14.3. The average Bonchev–Trinajstić information content (AvgIpc) is 2.91. The lowest BCUT2D eigenvalue weighted by Gasteiger charge is -2.30. The van der Waals surface area contributed by atoms with Crippen molar-refractivity contribution in [1.29, 1.82) is 5.41 Å². The van der Waals surface area contributed by atoms with E-state index in [1.807, 2.05) is 12.1 Å². The van der Waals surface area contributed by atoms with Gasteiger partial charge in [-0.25, -0.2) is 8.42 Å². The Kier molecular flexibility index (Phi) is 8.65. The second-order valence-electron chi connectivity index (χ2n) is 9.30. The molecule has 0 aliphatic carbocycles. The van der Waals surface area contributed by atoms with E-state index in [4.69, 9.17) is 15.9 Å². The van der Waals surface area contributed by atoms with Gasteiger partial charge in [0.25, 0.3) is 10.0 Å². The van der Waals surface area contributed by atoms with Gasteiger partial charge < -0.3 is 15.4 Å². The number of aryl methyl sites for hydroxylation is 2. The topological polar surface area (TPSA) is 143 Å². The van der Waals surface area contributed by atoms with Crippen molar-refractivity contribution in [2.45, 2.75) is 43.9 Å². The third-order valence-corrected chi connectivity index (χ3v) is 8.03. The molecule has 0 saturated carbocycles. The Morgan fingerprint density at radius 1 is 1.08 bits per heavy atom. The Hall–Kier alpha value is -4.18. The molecule has 1 amide bonds. The molecule has 3 aromatic rings. The predicted molar refractivity (Wildman–Crippen MR) is 150 cm³/mol. The van der Waals surface area contributed by atoms with Crippen LogP contribution in [0.4, 0.5) is 11.4 Å². The number of carbonyl (C=O) groups excluding carboxylic acids is 2. The minimum absolute atomic E-state index is 0.00472. The number of hydrogen-bond acceptors (Lipinski definition) is 6. The fourth-order valence-corrected chi connectivity index (χ4v) is 5.94. The van der Waals surface area contributed by atoms with E-state index in [2.05, 4.69) is 4.72 Å². The summed E-state index contributed by atoms with van der Waals surface area (Å²) in [6.45, 7) is 2.51. The molecule has 1 aliphatic heterocycles. The summed E-state index contributed by atoms with van der Waals surface area (Å²) < 4.78 is 34.1. The maximum Gasteiger partial charge on any atom is 0.310 e. The zero-order chi connectivity index (χ0) is 28.0. The molecule has 204 valence electrons. The van der Waals surface area contributed by atoms with E-state index < -0.39 is 16.0 Å². The van der Waals surface area contributed by atoms with Crippen molar-refractivity contribution in [1.82, 2.24) is 0 Å². The smallest absolute Gasteiger partial charge is 0.310 e. The predicted octanol–water partition coefficient (Wildman–Crippen LogP) is 3.79. The van der Waals surface area contributed by atoms with Gasteiger partial charge in [0.05, 0.1) is 17.9 Å². The highest BCUT2D eigenvalue weighted by molar-refractivity contribution is 7.92. The number of sulfonamides is 1. The number of nitrogens with one attached hydrogen (secondary N) is 2. The SMILES string of the molecule is CCOC(=O)Cc1ccccc1S(=O)(=O)Nc1ccc2c(c1)CCCN2C(=O)CCc1ccc(C(=N)N)cc1. The molecule has 4 N–H and O–H groups in total. The largest absolute Gasteiger partial charge is 0.466 e. The number of fused-ring (bicyclic) bond motifs is 1. The lowest BCUT2D eigenvalue weighted by atomic mass is 10.00. The van der Waals surface area contributed by atoms with Crippen LogP contribution >= 0.6 is 0 Å². The molecule has 0 unspecified atom stereocenters. The van der Waals surface area contributed by atoms with Gasteiger partial charge in [-0.05, 0) is 67.1 Å². The zero-order valence-electron chi connectivity index (χ0n) is 21.8. The van der Waals surface area contributed by atoms with Gasteiger partial charge in [-0.1, -0.05) is 42.5 Å². The Bertz CT molecular complexity index is 1490. The summed E-state index contributed by atoms with van der Waals surface area (Å²) in [4.78, 5) is 26.9. The minimum atomic E-state index is -3.97. The van der Waals surface area contributed by atoms with Gasteiger partial charge in [0.15, 0.2) is 0 Å². The molecule has 0 saturated heterocycles. The van der Waals surface area contributed by atoms with E-state index in [9.17, 15) is 18.0 Å². The summed E-state index contributed by atoms with van der Waals surface area (Å²) in [6.07, 6.45) is 2.23. The Morgan fingerprint density at radius 2 is 1.82 bits per heavy atom. The summed E-state index contributed by atoms with van der Waals surface area (Å²) in [5.74, 6) is -0.496. The van der Waals surface area contributed by atoms with Crippen LogP contribution in [-0.4, -0.2) is 39.3 Å². The number of amides is 1. The first kappa shape index (κ1) is 27.8. The fourth-order valence-electron chi connectivity index (χ4n) is 4.65. The molecule has 39 heavy (non-hydrogen) atoms. The van der Waals surface area contributed by atoms with Gasteiger partial charge in [-0.3, -0.25) is 19.7 Å². The Morgan fingerprint density at radius 3 is 2.54 bits per heavy atom. The summed E-state index contributed by atoms with van der Waals surface area (Å²) >= 11 is 0. The van der Waals surface area contributed by atoms with Gasteiger partial charge in [-0.2, -0.15) is 0 Å². The normalized spacial score (nSPS) is 12.9. The van der Waals surface area contributed by atoms with Crippen LogP contribution in [0.1, 0.15) is 42.0 Å². The number of nitrogen functional groups attached to an aromatic ring is 1. The lowest BCUT2D eigenvalue weighted by molar-refractivity contribution is -0.142. The van der Waals surface area contributed by atoms with Crippen LogP contribution in [0.15, 0.2) is 71.6 Å². The quantitative estimate of drug-likeness (QED) is 0.200. The first-order chi connectivity index (χ1) is 18.7. The van der Waals surface area contributed by atoms with E-state index in [0.717, 1.165) is 29.7 Å². The molecule has 0 spiro atoms. The summed E-state index contributed by atoms with van der Waals surface area (Å²) in [7, 11) is -3.97. The van der Waals surface area contributed by atoms with E-state index in [1.165, 1.54) is 6.07 Å². The second-order valence-corrected chi connectivity index (χ2v) is 10.9. The number of hydrogen-bond donors (Lipinski definition) is 3. The summed E-state index contributed by atoms with van der Waals surface area (Å²) in [6, 6.07) is 18.8. The van der Waals surface area contributed by atoms with Crippen LogP contribution in [-0.2, 0) is 43.6 Å². The van der Waals surface area contributed by atoms with Crippen LogP contribution < -0.4 is 15.4 Å². The molecule has 0 fully saturated rings. The molecular weight excluding hydrogens is 516 g/mol. The Labute approximate surface area is 228 Å².